The van der Waals surface area contributed by atoms with Crippen LogP contribution in [0.1, 0.15) is 259 Å². The molecule has 0 aromatic rings. The number of unbranched alkanes of at least 4 members (excludes halogenated alkanes) is 9. The van der Waals surface area contributed by atoms with E-state index in [1.54, 1.807) is 0 Å². The van der Waals surface area contributed by atoms with Crippen molar-refractivity contribution in [2.45, 2.75) is 277 Å². The summed E-state index contributed by atoms with van der Waals surface area (Å²) in [6.07, 6.45) is 103. The fraction of sp³-hybridized carbons (Fsp3) is 0.538. The van der Waals surface area contributed by atoms with Crippen molar-refractivity contribution in [2.24, 2.45) is 0 Å². The Morgan fingerprint density at radius 3 is 0.755 bits per heavy atom. The van der Waals surface area contributed by atoms with E-state index in [2.05, 4.69) is 222 Å². The van der Waals surface area contributed by atoms with Crippen LogP contribution in [-0.2, 0) is 65.4 Å². The molecule has 5 unspecified atom stereocenters. The molecule has 0 rings (SSSR count). The zero-order chi connectivity index (χ0) is 80.3. The van der Waals surface area contributed by atoms with Crippen molar-refractivity contribution in [1.82, 2.24) is 0 Å². The average molecular weight is 1570 g/mol. The summed E-state index contributed by atoms with van der Waals surface area (Å²) in [7, 11) is -10.0. The molecule has 3 N–H and O–H groups in total. The number of ether oxygens (including phenoxy) is 4. The minimum atomic E-state index is -5.03. The van der Waals surface area contributed by atoms with E-state index < -0.39 is 97.5 Å². The van der Waals surface area contributed by atoms with Gasteiger partial charge in [-0.25, -0.2) is 9.13 Å². The van der Waals surface area contributed by atoms with E-state index in [-0.39, 0.29) is 25.7 Å². The van der Waals surface area contributed by atoms with Gasteiger partial charge in [-0.3, -0.25) is 37.3 Å². The largest absolute Gasteiger partial charge is 0.472 e. The number of rotatable bonds is 73. The number of allylic oxidation sites excluding steroid dienone is 38. The van der Waals surface area contributed by atoms with E-state index in [9.17, 15) is 43.2 Å². The minimum Gasteiger partial charge on any atom is -0.462 e. The Morgan fingerprint density at radius 2 is 0.464 bits per heavy atom. The van der Waals surface area contributed by atoms with Crippen LogP contribution in [-0.4, -0.2) is 96.7 Å². The first-order chi connectivity index (χ1) is 53.7. The molecule has 0 fully saturated rings. The Kier molecular flexibility index (Phi) is 75.2. The Labute approximate surface area is 664 Å². The van der Waals surface area contributed by atoms with Crippen LogP contribution in [0.3, 0.4) is 0 Å². The normalized spacial score (nSPS) is 15.0. The van der Waals surface area contributed by atoms with Gasteiger partial charge in [0.1, 0.15) is 19.3 Å². The van der Waals surface area contributed by atoms with Gasteiger partial charge in [0.25, 0.3) is 0 Å². The summed E-state index contributed by atoms with van der Waals surface area (Å²) >= 11 is 0. The molecule has 616 valence electrons. The van der Waals surface area contributed by atoms with E-state index in [1.807, 2.05) is 36.5 Å². The smallest absolute Gasteiger partial charge is 0.462 e. The van der Waals surface area contributed by atoms with Gasteiger partial charge < -0.3 is 33.8 Å². The number of hydrogen-bond donors (Lipinski definition) is 3. The molecule has 0 amide bonds. The van der Waals surface area contributed by atoms with Crippen LogP contribution in [0.25, 0.3) is 0 Å². The Balaban J connectivity index is 5.58. The van der Waals surface area contributed by atoms with Crippen LogP contribution >= 0.6 is 15.6 Å². The molecule has 0 aromatic carbocycles. The molecule has 0 saturated heterocycles. The Bertz CT molecular complexity index is 3000. The average Bonchev–Trinajstić information content (AvgIpc) is 0.900. The van der Waals surface area contributed by atoms with Crippen molar-refractivity contribution >= 4 is 39.5 Å². The summed E-state index contributed by atoms with van der Waals surface area (Å²) in [5.74, 6) is -2.45. The highest BCUT2D eigenvalue weighted by Crippen LogP contribution is 2.45. The summed E-state index contributed by atoms with van der Waals surface area (Å²) in [6.45, 7) is 4.16. The first kappa shape index (κ1) is 103. The number of hydrogen-bond acceptors (Lipinski definition) is 15. The third-order valence-electron chi connectivity index (χ3n) is 15.6. The first-order valence-corrected chi connectivity index (χ1v) is 43.6. The van der Waals surface area contributed by atoms with E-state index in [4.69, 9.17) is 37.0 Å². The molecule has 0 aliphatic carbocycles. The molecular weight excluding hydrogens is 1430 g/mol. The molecule has 5 atom stereocenters. The van der Waals surface area contributed by atoms with Gasteiger partial charge in [0.2, 0.25) is 0 Å². The topological polar surface area (TPSA) is 237 Å². The Hall–Kier alpha value is -6.88. The van der Waals surface area contributed by atoms with Crippen molar-refractivity contribution < 1.29 is 80.2 Å². The van der Waals surface area contributed by atoms with Crippen molar-refractivity contribution in [3.05, 3.63) is 231 Å². The summed E-state index contributed by atoms with van der Waals surface area (Å²) < 4.78 is 68.5. The van der Waals surface area contributed by atoms with Gasteiger partial charge >= 0.3 is 39.5 Å². The molecule has 110 heavy (non-hydrogen) atoms. The maximum Gasteiger partial charge on any atom is 0.472 e. The van der Waals surface area contributed by atoms with Crippen molar-refractivity contribution in [1.29, 1.82) is 0 Å². The maximum atomic E-state index is 13.1. The standard InChI is InChI=1S/C91H140O17P2/c1-5-9-13-17-21-25-29-33-37-40-42-45-49-52-56-60-64-68-72-76-89(94)102-82-87(108-91(96)78-74-70-66-62-58-54-50-46-43-41-38-34-30-26-22-18-14-10-6-2)84-106-110(99,100)104-80-85(92)79-103-109(97,98)105-83-86(107-90(95)77-73-69-65-61-57-53-47-36-32-28-24-20-16-12-8-4)81-101-88(93)75-71-67-63-59-55-51-48-44-39-35-31-27-23-19-15-11-7-3/h9-16,21-28,33-39,42-43,45-48,51-52,54,56,58,64,66,68,70,85-87,92H,5-8,17-20,29-32,40-41,44,49-50,53,55,57,59-63,65,67,69,71-84H2,1-4H3,(H,97,98)(H,99,100)/b13-9-,14-10-,15-11-,16-12-,25-21-,26-22-,27-23-,28-24-,37-33-,38-34-,39-35-,45-42-,46-43-,47-36-,51-48-,56-52-,58-54-,68-64-,70-66-. The predicted molar refractivity (Wildman–Crippen MR) is 454 cm³/mol. The zero-order valence-electron chi connectivity index (χ0n) is 67.3. The third-order valence-corrected chi connectivity index (χ3v) is 17.5. The lowest BCUT2D eigenvalue weighted by Crippen LogP contribution is -2.30. The second-order valence-corrected chi connectivity index (χ2v) is 28.7. The highest BCUT2D eigenvalue weighted by molar-refractivity contribution is 7.47. The molecule has 19 heteroatoms. The van der Waals surface area contributed by atoms with Crippen LogP contribution in [0.4, 0.5) is 0 Å². The fourth-order valence-electron chi connectivity index (χ4n) is 9.63. The predicted octanol–water partition coefficient (Wildman–Crippen LogP) is 24.2. The monoisotopic (exact) mass is 1570 g/mol. The van der Waals surface area contributed by atoms with E-state index >= 15 is 0 Å². The lowest BCUT2D eigenvalue weighted by Gasteiger charge is -2.21. The highest BCUT2D eigenvalue weighted by Gasteiger charge is 2.30. The van der Waals surface area contributed by atoms with E-state index in [0.717, 1.165) is 167 Å². The van der Waals surface area contributed by atoms with Gasteiger partial charge in [-0.2, -0.15) is 0 Å². The lowest BCUT2D eigenvalue weighted by atomic mass is 10.1. The van der Waals surface area contributed by atoms with Crippen LogP contribution in [0.2, 0.25) is 0 Å². The van der Waals surface area contributed by atoms with Gasteiger partial charge in [-0.05, 0) is 173 Å². The molecule has 0 heterocycles. The van der Waals surface area contributed by atoms with E-state index in [0.29, 0.717) is 38.5 Å². The third kappa shape index (κ3) is 79.2. The summed E-state index contributed by atoms with van der Waals surface area (Å²) in [4.78, 5) is 73.1. The second-order valence-electron chi connectivity index (χ2n) is 25.8. The van der Waals surface area contributed by atoms with Gasteiger partial charge in [0, 0.05) is 25.7 Å². The molecule has 0 aliphatic heterocycles. The number of phosphoric ester groups is 2. The SMILES string of the molecule is CC/C=C\C/C=C\C/C=C\C/C=C\C/C=C\C/C=C\CCC(=O)OCC(COP(=O)(O)OCC(O)COP(=O)(O)OCC(COC(=O)CCCCCC/C=C\C/C=C\C/C=C\C/C=C\CC)OC(=O)CCCCCCC/C=C\C/C=C\C/C=C\CC)OC(=O)CC/C=C\C/C=C\C/C=C\C/C=C\C/C=C\C/C=C\CC. The molecule has 17 nitrogen and oxygen atoms in total. The Morgan fingerprint density at radius 1 is 0.255 bits per heavy atom. The number of esters is 4. The van der Waals surface area contributed by atoms with Crippen molar-refractivity contribution in [2.75, 3.05) is 39.6 Å². The summed E-state index contributed by atoms with van der Waals surface area (Å²) in [5, 5.41) is 10.7. The first-order valence-electron chi connectivity index (χ1n) is 40.6. The molecule has 0 bridgehead atoms. The number of carbonyl (C=O) groups excluding carboxylic acids is 4. The van der Waals surface area contributed by atoms with Crippen molar-refractivity contribution in [3.8, 4) is 0 Å². The van der Waals surface area contributed by atoms with Crippen LogP contribution < -0.4 is 0 Å². The van der Waals surface area contributed by atoms with Crippen LogP contribution in [0, 0.1) is 0 Å². The quantitative estimate of drug-likeness (QED) is 0.0169. The molecule has 0 aliphatic rings. The van der Waals surface area contributed by atoms with Crippen LogP contribution in [0.15, 0.2) is 231 Å². The lowest BCUT2D eigenvalue weighted by molar-refractivity contribution is -0.161. The molecule has 0 radical (unpaired) electrons. The van der Waals surface area contributed by atoms with E-state index in [1.165, 1.54) is 0 Å². The van der Waals surface area contributed by atoms with Gasteiger partial charge in [-0.1, -0.05) is 291 Å². The summed E-state index contributed by atoms with van der Waals surface area (Å²) in [6, 6.07) is 0. The zero-order valence-corrected chi connectivity index (χ0v) is 69.1. The maximum absolute atomic E-state index is 13.1. The van der Waals surface area contributed by atoms with Crippen LogP contribution in [0.5, 0.6) is 0 Å². The number of aliphatic hydroxyl groups is 1. The second kappa shape index (κ2) is 80.2. The molecule has 0 spiro atoms. The van der Waals surface area contributed by atoms with Gasteiger partial charge in [-0.15, -0.1) is 0 Å². The van der Waals surface area contributed by atoms with Gasteiger partial charge in [0.05, 0.1) is 26.4 Å². The van der Waals surface area contributed by atoms with Crippen molar-refractivity contribution in [3.63, 3.8) is 0 Å². The molecule has 0 aromatic heterocycles. The number of carbonyl (C=O) groups is 4. The summed E-state index contributed by atoms with van der Waals surface area (Å²) in [5.41, 5.74) is 0. The minimum absolute atomic E-state index is 0.00902. The highest BCUT2D eigenvalue weighted by atomic mass is 31.2. The van der Waals surface area contributed by atoms with Gasteiger partial charge in [0.15, 0.2) is 12.2 Å². The number of aliphatic hydroxyl groups excluding tert-OH is 1. The molecular formula is C91H140O17P2. The number of phosphoric acid groups is 2. The fourth-order valence-corrected chi connectivity index (χ4v) is 11.2. The molecule has 0 saturated carbocycles.